The summed E-state index contributed by atoms with van der Waals surface area (Å²) in [5, 5.41) is 21.1. The zero-order valence-electron chi connectivity index (χ0n) is 13.1. The van der Waals surface area contributed by atoms with E-state index in [1.807, 2.05) is 0 Å². The fourth-order valence-corrected chi connectivity index (χ4v) is 2.08. The summed E-state index contributed by atoms with van der Waals surface area (Å²) in [6, 6.07) is 9.50. The molecule has 1 unspecified atom stereocenters. The summed E-state index contributed by atoms with van der Waals surface area (Å²) < 4.78 is 5.05. The van der Waals surface area contributed by atoms with Gasteiger partial charge in [-0.15, -0.1) is 0 Å². The van der Waals surface area contributed by atoms with Gasteiger partial charge in [0, 0.05) is 18.8 Å². The van der Waals surface area contributed by atoms with E-state index in [2.05, 4.69) is 10.3 Å². The van der Waals surface area contributed by atoms with Gasteiger partial charge in [0.05, 0.1) is 0 Å². The molecule has 1 aromatic carbocycles. The van der Waals surface area contributed by atoms with Crippen molar-refractivity contribution in [3.05, 3.63) is 59.9 Å². The quantitative estimate of drug-likeness (QED) is 0.748. The molecule has 7 nitrogen and oxygen atoms in total. The van der Waals surface area contributed by atoms with E-state index in [-0.39, 0.29) is 18.8 Å². The first kappa shape index (κ1) is 17.3. The lowest BCUT2D eigenvalue weighted by Gasteiger charge is -2.26. The lowest BCUT2D eigenvalue weighted by atomic mass is 9.93. The molecule has 7 heteroatoms. The Kier molecular flexibility index (Phi) is 5.36. The minimum atomic E-state index is -1.54. The van der Waals surface area contributed by atoms with E-state index in [1.54, 1.807) is 36.7 Å². The fourth-order valence-electron chi connectivity index (χ4n) is 2.08. The molecule has 2 rings (SSSR count). The molecule has 1 heterocycles. The highest BCUT2D eigenvalue weighted by Crippen LogP contribution is 2.17. The predicted octanol–water partition coefficient (Wildman–Crippen LogP) is 2.10. The number of aromatic hydroxyl groups is 1. The SMILES string of the molecule is CC(Cc1ccc(O)cc1)(NC(=O)OCc1ccncc1)C(=O)O. The second-order valence-electron chi connectivity index (χ2n) is 5.54. The molecular formula is C17H18N2O5. The molecule has 2 aromatic rings. The van der Waals surface area contributed by atoms with Crippen molar-refractivity contribution < 1.29 is 24.5 Å². The number of aliphatic carboxylic acids is 1. The topological polar surface area (TPSA) is 109 Å². The average Bonchev–Trinajstić information content (AvgIpc) is 2.56. The number of carboxylic acid groups (broad SMARTS) is 1. The van der Waals surface area contributed by atoms with Crippen molar-refractivity contribution in [1.29, 1.82) is 0 Å². The number of nitrogens with zero attached hydrogens (tertiary/aromatic N) is 1. The predicted molar refractivity (Wildman–Crippen MR) is 85.4 cm³/mol. The zero-order chi connectivity index (χ0) is 17.6. The van der Waals surface area contributed by atoms with Gasteiger partial charge in [0.25, 0.3) is 0 Å². The molecule has 3 N–H and O–H groups in total. The van der Waals surface area contributed by atoms with Crippen LogP contribution in [0.5, 0.6) is 5.75 Å². The number of hydrogen-bond acceptors (Lipinski definition) is 5. The Morgan fingerprint density at radius 3 is 2.33 bits per heavy atom. The highest BCUT2D eigenvalue weighted by molar-refractivity contribution is 5.84. The lowest BCUT2D eigenvalue weighted by Crippen LogP contribution is -2.53. The molecule has 1 atom stereocenters. The van der Waals surface area contributed by atoms with E-state index in [9.17, 15) is 19.8 Å². The zero-order valence-corrected chi connectivity index (χ0v) is 13.1. The number of ether oxygens (including phenoxy) is 1. The standard InChI is InChI=1S/C17H18N2O5/c1-17(15(21)22,10-12-2-4-14(20)5-3-12)19-16(23)24-11-13-6-8-18-9-7-13/h2-9,20H,10-11H2,1H3,(H,19,23)(H,21,22). The van der Waals surface area contributed by atoms with Crippen molar-refractivity contribution in [2.45, 2.75) is 25.5 Å². The molecule has 24 heavy (non-hydrogen) atoms. The van der Waals surface area contributed by atoms with Crippen molar-refractivity contribution in [2.24, 2.45) is 0 Å². The minimum Gasteiger partial charge on any atom is -0.508 e. The number of carboxylic acids is 1. The summed E-state index contributed by atoms with van der Waals surface area (Å²) >= 11 is 0. The first-order chi connectivity index (χ1) is 11.4. The average molecular weight is 330 g/mol. The van der Waals surface area contributed by atoms with Crippen molar-refractivity contribution in [3.8, 4) is 5.75 Å². The number of phenols is 1. The van der Waals surface area contributed by atoms with E-state index in [0.29, 0.717) is 5.56 Å². The van der Waals surface area contributed by atoms with Crippen LogP contribution in [0.3, 0.4) is 0 Å². The Morgan fingerprint density at radius 1 is 1.12 bits per heavy atom. The number of amides is 1. The fraction of sp³-hybridized carbons (Fsp3) is 0.235. The van der Waals surface area contributed by atoms with Gasteiger partial charge in [-0.1, -0.05) is 12.1 Å². The Bertz CT molecular complexity index is 703. The van der Waals surface area contributed by atoms with Crippen LogP contribution in [-0.4, -0.2) is 32.8 Å². The number of benzene rings is 1. The van der Waals surface area contributed by atoms with E-state index in [4.69, 9.17) is 4.74 Å². The van der Waals surface area contributed by atoms with E-state index >= 15 is 0 Å². The normalized spacial score (nSPS) is 12.9. The maximum atomic E-state index is 11.9. The Labute approximate surface area is 138 Å². The van der Waals surface area contributed by atoms with Gasteiger partial charge in [-0.3, -0.25) is 4.98 Å². The third kappa shape index (κ3) is 4.70. The second-order valence-corrected chi connectivity index (χ2v) is 5.54. The maximum Gasteiger partial charge on any atom is 0.408 e. The summed E-state index contributed by atoms with van der Waals surface area (Å²) in [4.78, 5) is 27.4. The van der Waals surface area contributed by atoms with Gasteiger partial charge < -0.3 is 20.3 Å². The van der Waals surface area contributed by atoms with Crippen molar-refractivity contribution in [2.75, 3.05) is 0 Å². The number of carbonyl (C=O) groups excluding carboxylic acids is 1. The summed E-state index contributed by atoms with van der Waals surface area (Å²) in [6.07, 6.45) is 2.37. The molecule has 0 saturated carbocycles. The van der Waals surface area contributed by atoms with Crippen LogP contribution in [0.1, 0.15) is 18.1 Å². The molecule has 0 aliphatic heterocycles. The van der Waals surface area contributed by atoms with Gasteiger partial charge in [0.1, 0.15) is 17.9 Å². The Balaban J connectivity index is 1.99. The number of pyridine rings is 1. The third-order valence-electron chi connectivity index (χ3n) is 3.46. The summed E-state index contributed by atoms with van der Waals surface area (Å²) in [6.45, 7) is 1.42. The number of alkyl carbamates (subject to hydrolysis) is 1. The van der Waals surface area contributed by atoms with Crippen molar-refractivity contribution in [1.82, 2.24) is 10.3 Å². The van der Waals surface area contributed by atoms with Crippen molar-refractivity contribution >= 4 is 12.1 Å². The van der Waals surface area contributed by atoms with Gasteiger partial charge in [0.15, 0.2) is 0 Å². The molecule has 0 aliphatic rings. The molecule has 126 valence electrons. The molecule has 0 spiro atoms. The van der Waals surface area contributed by atoms with Gasteiger partial charge in [-0.05, 0) is 42.3 Å². The molecule has 0 bridgehead atoms. The Hall–Kier alpha value is -3.09. The van der Waals surface area contributed by atoms with E-state index in [0.717, 1.165) is 5.56 Å². The van der Waals surface area contributed by atoms with E-state index < -0.39 is 17.6 Å². The number of hydrogen-bond donors (Lipinski definition) is 3. The summed E-state index contributed by atoms with van der Waals surface area (Å²) in [5.74, 6) is -1.10. The Morgan fingerprint density at radius 2 is 1.75 bits per heavy atom. The molecule has 1 aromatic heterocycles. The van der Waals surface area contributed by atoms with Gasteiger partial charge in [0.2, 0.25) is 0 Å². The van der Waals surface area contributed by atoms with Gasteiger partial charge >= 0.3 is 12.1 Å². The number of phenolic OH excluding ortho intramolecular Hbond substituents is 1. The first-order valence-corrected chi connectivity index (χ1v) is 7.24. The van der Waals surface area contributed by atoms with Crippen molar-refractivity contribution in [3.63, 3.8) is 0 Å². The maximum absolute atomic E-state index is 11.9. The molecule has 0 saturated heterocycles. The summed E-state index contributed by atoms with van der Waals surface area (Å²) in [5.41, 5.74) is -0.130. The number of aromatic nitrogens is 1. The van der Waals surface area contributed by atoms with Gasteiger partial charge in [-0.25, -0.2) is 9.59 Å². The van der Waals surface area contributed by atoms with Crippen LogP contribution in [-0.2, 0) is 22.6 Å². The first-order valence-electron chi connectivity index (χ1n) is 7.24. The van der Waals surface area contributed by atoms with Crippen LogP contribution in [0, 0.1) is 0 Å². The highest BCUT2D eigenvalue weighted by Gasteiger charge is 2.35. The molecule has 1 amide bonds. The largest absolute Gasteiger partial charge is 0.508 e. The van der Waals surface area contributed by atoms with Crippen LogP contribution in [0.2, 0.25) is 0 Å². The number of rotatable bonds is 6. The van der Waals surface area contributed by atoms with Crippen LogP contribution >= 0.6 is 0 Å². The number of carbonyl (C=O) groups is 2. The molecular weight excluding hydrogens is 312 g/mol. The highest BCUT2D eigenvalue weighted by atomic mass is 16.5. The lowest BCUT2D eigenvalue weighted by molar-refractivity contribution is -0.143. The summed E-state index contributed by atoms with van der Waals surface area (Å²) in [7, 11) is 0. The third-order valence-corrected chi connectivity index (χ3v) is 3.46. The van der Waals surface area contributed by atoms with Crippen LogP contribution in [0.25, 0.3) is 0 Å². The smallest absolute Gasteiger partial charge is 0.408 e. The van der Waals surface area contributed by atoms with Crippen LogP contribution < -0.4 is 5.32 Å². The minimum absolute atomic E-state index is 0.0171. The molecule has 0 fully saturated rings. The monoisotopic (exact) mass is 330 g/mol. The van der Waals surface area contributed by atoms with Gasteiger partial charge in [-0.2, -0.15) is 0 Å². The van der Waals surface area contributed by atoms with E-state index in [1.165, 1.54) is 19.1 Å². The molecule has 0 aliphatic carbocycles. The van der Waals surface area contributed by atoms with Crippen LogP contribution in [0.15, 0.2) is 48.8 Å². The second kappa shape index (κ2) is 7.45. The number of nitrogens with one attached hydrogen (secondary N) is 1. The molecule has 0 radical (unpaired) electrons. The van der Waals surface area contributed by atoms with Crippen LogP contribution in [0.4, 0.5) is 4.79 Å².